The summed E-state index contributed by atoms with van der Waals surface area (Å²) in [6, 6.07) is 11.4. The maximum atomic E-state index is 6.23. The minimum atomic E-state index is -1.32. The third kappa shape index (κ3) is 2.28. The topological polar surface area (TPSA) is 9.23 Å². The Labute approximate surface area is 104 Å². The summed E-state index contributed by atoms with van der Waals surface area (Å²) >= 11 is 6.23. The first-order chi connectivity index (χ1) is 7.80. The highest BCUT2D eigenvalue weighted by Crippen LogP contribution is 2.31. The van der Waals surface area contributed by atoms with Gasteiger partial charge >= 0.3 is 0 Å². The van der Waals surface area contributed by atoms with Gasteiger partial charge in [0.15, 0.2) is 0 Å². The maximum absolute atomic E-state index is 6.23. The lowest BCUT2D eigenvalue weighted by molar-refractivity contribution is 0.340. The summed E-state index contributed by atoms with van der Waals surface area (Å²) in [7, 11) is -1.32. The van der Waals surface area contributed by atoms with E-state index in [1.807, 2.05) is 6.92 Å². The fourth-order valence-corrected chi connectivity index (χ4v) is 7.86. The van der Waals surface area contributed by atoms with Crippen LogP contribution < -0.4 is 9.92 Å². The minimum Gasteiger partial charge on any atom is -0.494 e. The SMILES string of the molecule is CCOc1ccc([Si]2(CCl)CCCC2)cc1. The lowest BCUT2D eigenvalue weighted by atomic mass is 10.3. The number of benzene rings is 1. The quantitative estimate of drug-likeness (QED) is 0.592. The zero-order chi connectivity index (χ0) is 11.4. The highest BCUT2D eigenvalue weighted by molar-refractivity contribution is 6.96. The highest BCUT2D eigenvalue weighted by atomic mass is 35.5. The fraction of sp³-hybridized carbons (Fsp3) is 0.538. The van der Waals surface area contributed by atoms with Gasteiger partial charge in [-0.3, -0.25) is 0 Å². The van der Waals surface area contributed by atoms with Crippen LogP contribution in [0.5, 0.6) is 5.75 Å². The van der Waals surface area contributed by atoms with E-state index in [2.05, 4.69) is 24.3 Å². The molecular formula is C13H19ClOSi. The Hall–Kier alpha value is -0.473. The zero-order valence-electron chi connectivity index (χ0n) is 9.84. The maximum Gasteiger partial charge on any atom is 0.119 e. The lowest BCUT2D eigenvalue weighted by Gasteiger charge is -2.24. The number of ether oxygens (including phenoxy) is 1. The molecule has 1 heterocycles. The second kappa shape index (κ2) is 5.24. The first-order valence-electron chi connectivity index (χ1n) is 6.10. The van der Waals surface area contributed by atoms with Gasteiger partial charge in [-0.15, -0.1) is 11.6 Å². The Kier molecular flexibility index (Phi) is 3.93. The number of halogens is 1. The number of rotatable bonds is 4. The van der Waals surface area contributed by atoms with E-state index < -0.39 is 8.07 Å². The van der Waals surface area contributed by atoms with E-state index in [1.54, 1.807) is 0 Å². The summed E-state index contributed by atoms with van der Waals surface area (Å²) in [6.45, 7) is 2.75. The Balaban J connectivity index is 2.19. The molecule has 0 unspecified atom stereocenters. The first kappa shape index (κ1) is 12.0. The van der Waals surface area contributed by atoms with Crippen molar-refractivity contribution in [3.63, 3.8) is 0 Å². The minimum absolute atomic E-state index is 0.734. The van der Waals surface area contributed by atoms with E-state index >= 15 is 0 Å². The van der Waals surface area contributed by atoms with Crippen molar-refractivity contribution in [2.75, 3.05) is 12.1 Å². The molecule has 0 radical (unpaired) electrons. The van der Waals surface area contributed by atoms with Crippen molar-refractivity contribution in [3.8, 4) is 5.75 Å². The molecule has 16 heavy (non-hydrogen) atoms. The van der Waals surface area contributed by atoms with Gasteiger partial charge in [-0.05, 0) is 19.1 Å². The third-order valence-corrected chi connectivity index (χ3v) is 9.82. The molecular weight excluding hydrogens is 236 g/mol. The molecule has 1 aliphatic heterocycles. The van der Waals surface area contributed by atoms with Crippen LogP contribution >= 0.6 is 11.6 Å². The van der Waals surface area contributed by atoms with Gasteiger partial charge in [0.05, 0.1) is 6.61 Å². The van der Waals surface area contributed by atoms with Gasteiger partial charge in [0.25, 0.3) is 0 Å². The van der Waals surface area contributed by atoms with E-state index in [1.165, 1.54) is 30.1 Å². The van der Waals surface area contributed by atoms with E-state index in [4.69, 9.17) is 16.3 Å². The molecule has 0 amide bonds. The smallest absolute Gasteiger partial charge is 0.119 e. The molecule has 0 atom stereocenters. The largest absolute Gasteiger partial charge is 0.494 e. The van der Waals surface area contributed by atoms with Crippen molar-refractivity contribution >= 4 is 24.9 Å². The monoisotopic (exact) mass is 254 g/mol. The van der Waals surface area contributed by atoms with Gasteiger partial charge in [-0.2, -0.15) is 0 Å². The molecule has 1 saturated heterocycles. The Morgan fingerprint density at radius 3 is 2.31 bits per heavy atom. The Morgan fingerprint density at radius 2 is 1.81 bits per heavy atom. The van der Waals surface area contributed by atoms with Crippen LogP contribution in [0.25, 0.3) is 0 Å². The lowest BCUT2D eigenvalue weighted by Crippen LogP contribution is -2.47. The molecule has 1 nitrogen and oxygen atoms in total. The molecule has 1 aromatic rings. The predicted molar refractivity (Wildman–Crippen MR) is 72.6 cm³/mol. The molecule has 0 spiro atoms. The third-order valence-electron chi connectivity index (χ3n) is 3.59. The van der Waals surface area contributed by atoms with Crippen LogP contribution in [-0.2, 0) is 0 Å². The Morgan fingerprint density at radius 1 is 1.19 bits per heavy atom. The summed E-state index contributed by atoms with van der Waals surface area (Å²) in [5.74, 6) is 0.975. The molecule has 3 heteroatoms. The van der Waals surface area contributed by atoms with Gasteiger partial charge in [-0.1, -0.05) is 42.2 Å². The first-order valence-corrected chi connectivity index (χ1v) is 9.26. The van der Waals surface area contributed by atoms with E-state index in [0.717, 1.165) is 17.9 Å². The van der Waals surface area contributed by atoms with Gasteiger partial charge in [0.2, 0.25) is 0 Å². The van der Waals surface area contributed by atoms with Crippen LogP contribution in [-0.4, -0.2) is 20.2 Å². The number of hydrogen-bond donors (Lipinski definition) is 0. The molecule has 2 rings (SSSR count). The second-order valence-electron chi connectivity index (χ2n) is 4.58. The van der Waals surface area contributed by atoms with Crippen LogP contribution in [0.15, 0.2) is 24.3 Å². The molecule has 0 bridgehead atoms. The van der Waals surface area contributed by atoms with Crippen molar-refractivity contribution in [2.45, 2.75) is 31.9 Å². The average molecular weight is 255 g/mol. The van der Waals surface area contributed by atoms with Gasteiger partial charge < -0.3 is 4.74 Å². The van der Waals surface area contributed by atoms with Crippen molar-refractivity contribution in [1.29, 1.82) is 0 Å². The normalized spacial score (nSPS) is 18.6. The number of alkyl halides is 1. The highest BCUT2D eigenvalue weighted by Gasteiger charge is 2.37. The van der Waals surface area contributed by atoms with E-state index in [-0.39, 0.29) is 0 Å². The zero-order valence-corrected chi connectivity index (χ0v) is 11.6. The molecule has 88 valence electrons. The van der Waals surface area contributed by atoms with Crippen LogP contribution in [0.4, 0.5) is 0 Å². The molecule has 1 aromatic carbocycles. The molecule has 0 aliphatic carbocycles. The predicted octanol–water partition coefficient (Wildman–Crippen LogP) is 3.31. The standard InChI is InChI=1S/C13H19ClOSi/c1-2-15-12-5-7-13(8-6-12)16(11-14)9-3-4-10-16/h5-8H,2-4,9-11H2,1H3. The van der Waals surface area contributed by atoms with Crippen molar-refractivity contribution in [2.24, 2.45) is 0 Å². The molecule has 1 fully saturated rings. The van der Waals surface area contributed by atoms with Crippen molar-refractivity contribution in [1.82, 2.24) is 0 Å². The van der Waals surface area contributed by atoms with Crippen LogP contribution in [0.2, 0.25) is 12.1 Å². The number of hydrogen-bond acceptors (Lipinski definition) is 1. The average Bonchev–Trinajstić information content (AvgIpc) is 2.80. The molecule has 1 aliphatic rings. The van der Waals surface area contributed by atoms with Crippen molar-refractivity contribution in [3.05, 3.63) is 24.3 Å². The Bertz CT molecular complexity index is 330. The van der Waals surface area contributed by atoms with Gasteiger partial charge in [0.1, 0.15) is 13.8 Å². The summed E-state index contributed by atoms with van der Waals surface area (Å²) in [6.07, 6.45) is 2.73. The fourth-order valence-electron chi connectivity index (χ4n) is 2.62. The van der Waals surface area contributed by atoms with Crippen LogP contribution in [0, 0.1) is 0 Å². The second-order valence-corrected chi connectivity index (χ2v) is 9.79. The van der Waals surface area contributed by atoms with Crippen molar-refractivity contribution < 1.29 is 4.74 Å². The summed E-state index contributed by atoms with van der Waals surface area (Å²) in [5, 5.41) is 1.52. The molecule has 0 N–H and O–H groups in total. The molecule has 0 aromatic heterocycles. The summed E-state index contributed by atoms with van der Waals surface area (Å²) in [5.41, 5.74) is 0.876. The van der Waals surface area contributed by atoms with E-state index in [9.17, 15) is 0 Å². The van der Waals surface area contributed by atoms with Crippen LogP contribution in [0.1, 0.15) is 19.8 Å². The molecule has 0 saturated carbocycles. The van der Waals surface area contributed by atoms with Gasteiger partial charge in [0, 0.05) is 5.50 Å². The van der Waals surface area contributed by atoms with Gasteiger partial charge in [-0.25, -0.2) is 0 Å². The summed E-state index contributed by atoms with van der Waals surface area (Å²) < 4.78 is 5.47. The van der Waals surface area contributed by atoms with Crippen LogP contribution in [0.3, 0.4) is 0 Å². The summed E-state index contributed by atoms with van der Waals surface area (Å²) in [4.78, 5) is 0. The van der Waals surface area contributed by atoms with E-state index in [0.29, 0.717) is 0 Å².